The van der Waals surface area contributed by atoms with Gasteiger partial charge in [-0.3, -0.25) is 5.32 Å². The van der Waals surface area contributed by atoms with Crippen molar-refractivity contribution in [3.8, 4) is 5.75 Å². The van der Waals surface area contributed by atoms with Crippen LogP contribution in [0.15, 0.2) is 18.2 Å². The number of hydrogen-bond acceptors (Lipinski definition) is 4. The highest BCUT2D eigenvalue weighted by molar-refractivity contribution is 5.86. The van der Waals surface area contributed by atoms with E-state index in [-0.39, 0.29) is 17.0 Å². The summed E-state index contributed by atoms with van der Waals surface area (Å²) in [6.07, 6.45) is -5.52. The summed E-state index contributed by atoms with van der Waals surface area (Å²) < 4.78 is 48.5. The maximum atomic E-state index is 12.8. The summed E-state index contributed by atoms with van der Waals surface area (Å²) in [5.74, 6) is 0.199. The first kappa shape index (κ1) is 18.1. The molecule has 0 aliphatic heterocycles. The van der Waals surface area contributed by atoms with Gasteiger partial charge < -0.3 is 15.2 Å². The van der Waals surface area contributed by atoms with E-state index < -0.39 is 23.9 Å². The van der Waals surface area contributed by atoms with Crippen molar-refractivity contribution in [2.24, 2.45) is 5.73 Å². The first-order valence-corrected chi connectivity index (χ1v) is 6.44. The fourth-order valence-electron chi connectivity index (χ4n) is 1.63. The van der Waals surface area contributed by atoms with Crippen LogP contribution in [0.1, 0.15) is 32.4 Å². The summed E-state index contributed by atoms with van der Waals surface area (Å²) in [5.41, 5.74) is 4.06. The number of alkyl halides is 3. The minimum absolute atomic E-state index is 0.0834. The number of benzene rings is 1. The standard InChI is InChI=1S/C14H19F3N2O3/c1-13(2,3)22-12(20)19-10-6-5-8(21-4)7-9(10)11(18)14(15,16)17/h5-7,11H,18H2,1-4H3,(H,19,20). The topological polar surface area (TPSA) is 73.6 Å². The van der Waals surface area contributed by atoms with E-state index in [4.69, 9.17) is 15.2 Å². The molecule has 0 aliphatic carbocycles. The summed E-state index contributed by atoms with van der Waals surface area (Å²) in [5, 5.41) is 2.27. The summed E-state index contributed by atoms with van der Waals surface area (Å²) in [4.78, 5) is 11.7. The third kappa shape index (κ3) is 5.10. The van der Waals surface area contributed by atoms with Crippen LogP contribution in [0.2, 0.25) is 0 Å². The van der Waals surface area contributed by atoms with Crippen LogP contribution < -0.4 is 15.8 Å². The zero-order valence-electron chi connectivity index (χ0n) is 12.7. The number of ether oxygens (including phenoxy) is 2. The fraction of sp³-hybridized carbons (Fsp3) is 0.500. The van der Waals surface area contributed by atoms with E-state index in [9.17, 15) is 18.0 Å². The summed E-state index contributed by atoms with van der Waals surface area (Å²) in [6, 6.07) is 1.57. The molecule has 0 aromatic heterocycles. The molecule has 5 nitrogen and oxygen atoms in total. The molecule has 1 amide bonds. The van der Waals surface area contributed by atoms with Gasteiger partial charge in [-0.05, 0) is 39.0 Å². The Hall–Kier alpha value is -1.96. The molecule has 22 heavy (non-hydrogen) atoms. The first-order chi connectivity index (χ1) is 9.94. The lowest BCUT2D eigenvalue weighted by Gasteiger charge is -2.23. The second kappa shape index (κ2) is 6.43. The van der Waals surface area contributed by atoms with Gasteiger partial charge in [-0.2, -0.15) is 13.2 Å². The Kier molecular flexibility index (Phi) is 5.29. The van der Waals surface area contributed by atoms with Gasteiger partial charge in [-0.25, -0.2) is 4.79 Å². The smallest absolute Gasteiger partial charge is 0.412 e. The van der Waals surface area contributed by atoms with Crippen molar-refractivity contribution in [2.75, 3.05) is 12.4 Å². The zero-order valence-corrected chi connectivity index (χ0v) is 12.7. The molecule has 0 fully saturated rings. The Balaban J connectivity index is 3.11. The van der Waals surface area contributed by atoms with Crippen LogP contribution in [-0.2, 0) is 4.74 Å². The fourth-order valence-corrected chi connectivity index (χ4v) is 1.63. The molecule has 0 saturated heterocycles. The Morgan fingerprint density at radius 3 is 2.32 bits per heavy atom. The Morgan fingerprint density at radius 1 is 1.27 bits per heavy atom. The molecule has 1 unspecified atom stereocenters. The van der Waals surface area contributed by atoms with Crippen LogP contribution in [0.3, 0.4) is 0 Å². The first-order valence-electron chi connectivity index (χ1n) is 6.44. The van der Waals surface area contributed by atoms with Gasteiger partial charge >= 0.3 is 12.3 Å². The van der Waals surface area contributed by atoms with Crippen LogP contribution in [0.25, 0.3) is 0 Å². The second-order valence-corrected chi connectivity index (χ2v) is 5.60. The average molecular weight is 320 g/mol. The average Bonchev–Trinajstić information content (AvgIpc) is 2.35. The summed E-state index contributed by atoms with van der Waals surface area (Å²) in [6.45, 7) is 4.93. The number of hydrogen-bond donors (Lipinski definition) is 2. The molecule has 1 rings (SSSR count). The molecule has 3 N–H and O–H groups in total. The van der Waals surface area contributed by atoms with Gasteiger partial charge in [0.15, 0.2) is 0 Å². The van der Waals surface area contributed by atoms with Gasteiger partial charge in [0.05, 0.1) is 7.11 Å². The Bertz CT molecular complexity index is 539. The van der Waals surface area contributed by atoms with E-state index in [1.807, 2.05) is 0 Å². The van der Waals surface area contributed by atoms with Crippen LogP contribution >= 0.6 is 0 Å². The molecule has 0 aliphatic rings. The third-order valence-corrected chi connectivity index (χ3v) is 2.58. The van der Waals surface area contributed by atoms with E-state index in [0.29, 0.717) is 0 Å². The van der Waals surface area contributed by atoms with Gasteiger partial charge in [-0.15, -0.1) is 0 Å². The molecule has 1 aromatic rings. The van der Waals surface area contributed by atoms with Crippen molar-refractivity contribution in [1.29, 1.82) is 0 Å². The number of methoxy groups -OCH3 is 1. The van der Waals surface area contributed by atoms with Gasteiger partial charge in [0.25, 0.3) is 0 Å². The van der Waals surface area contributed by atoms with Crippen molar-refractivity contribution < 1.29 is 27.4 Å². The molecule has 1 atom stereocenters. The molecule has 1 aromatic carbocycles. The second-order valence-electron chi connectivity index (χ2n) is 5.60. The molecule has 0 spiro atoms. The van der Waals surface area contributed by atoms with Crippen LogP contribution in [0.5, 0.6) is 5.75 Å². The number of nitrogens with two attached hydrogens (primary N) is 1. The van der Waals surface area contributed by atoms with E-state index >= 15 is 0 Å². The summed E-state index contributed by atoms with van der Waals surface area (Å²) >= 11 is 0. The summed E-state index contributed by atoms with van der Waals surface area (Å²) in [7, 11) is 1.32. The van der Waals surface area contributed by atoms with E-state index in [0.717, 1.165) is 6.07 Å². The highest BCUT2D eigenvalue weighted by atomic mass is 19.4. The number of halogens is 3. The Morgan fingerprint density at radius 2 is 1.86 bits per heavy atom. The molecule has 0 radical (unpaired) electrons. The predicted molar refractivity (Wildman–Crippen MR) is 75.8 cm³/mol. The maximum Gasteiger partial charge on any atom is 0.412 e. The van der Waals surface area contributed by atoms with Crippen molar-refractivity contribution >= 4 is 11.8 Å². The number of anilines is 1. The van der Waals surface area contributed by atoms with E-state index in [2.05, 4.69) is 5.32 Å². The van der Waals surface area contributed by atoms with Gasteiger partial charge in [0.2, 0.25) is 0 Å². The monoisotopic (exact) mass is 320 g/mol. The maximum absolute atomic E-state index is 12.8. The highest BCUT2D eigenvalue weighted by Gasteiger charge is 2.39. The molecule has 0 bridgehead atoms. The lowest BCUT2D eigenvalue weighted by Crippen LogP contribution is -2.31. The molecule has 0 heterocycles. The molecule has 0 saturated carbocycles. The van der Waals surface area contributed by atoms with Crippen LogP contribution in [0, 0.1) is 0 Å². The number of carbonyl (C=O) groups excluding carboxylic acids is 1. The highest BCUT2D eigenvalue weighted by Crippen LogP contribution is 2.36. The lowest BCUT2D eigenvalue weighted by atomic mass is 10.0. The largest absolute Gasteiger partial charge is 0.497 e. The van der Waals surface area contributed by atoms with Crippen molar-refractivity contribution in [2.45, 2.75) is 38.6 Å². The van der Waals surface area contributed by atoms with Gasteiger partial charge in [-0.1, -0.05) is 0 Å². The van der Waals surface area contributed by atoms with Crippen molar-refractivity contribution in [3.63, 3.8) is 0 Å². The van der Waals surface area contributed by atoms with Crippen molar-refractivity contribution in [1.82, 2.24) is 0 Å². The van der Waals surface area contributed by atoms with Gasteiger partial charge in [0, 0.05) is 11.3 Å². The molecular weight excluding hydrogens is 301 g/mol. The number of rotatable bonds is 3. The molecule has 8 heteroatoms. The lowest BCUT2D eigenvalue weighted by molar-refractivity contribution is -0.149. The molecule has 124 valence electrons. The van der Waals surface area contributed by atoms with Crippen LogP contribution in [-0.4, -0.2) is 25.0 Å². The predicted octanol–water partition coefficient (Wildman–Crippen LogP) is 3.60. The quantitative estimate of drug-likeness (QED) is 0.892. The van der Waals surface area contributed by atoms with E-state index in [1.54, 1.807) is 20.8 Å². The number of nitrogens with one attached hydrogen (secondary N) is 1. The minimum Gasteiger partial charge on any atom is -0.497 e. The normalized spacial score (nSPS) is 13.5. The zero-order chi connectivity index (χ0) is 17.1. The third-order valence-electron chi connectivity index (χ3n) is 2.58. The van der Waals surface area contributed by atoms with E-state index in [1.165, 1.54) is 19.2 Å². The molecular formula is C14H19F3N2O3. The number of carbonyl (C=O) groups is 1. The van der Waals surface area contributed by atoms with Crippen molar-refractivity contribution in [3.05, 3.63) is 23.8 Å². The van der Waals surface area contributed by atoms with Gasteiger partial charge in [0.1, 0.15) is 17.4 Å². The number of amides is 1. The van der Waals surface area contributed by atoms with Crippen LogP contribution in [0.4, 0.5) is 23.7 Å². The SMILES string of the molecule is COc1ccc(NC(=O)OC(C)(C)C)c(C(N)C(F)(F)F)c1. The minimum atomic E-state index is -4.66. The Labute approximate surface area is 126 Å².